The van der Waals surface area contributed by atoms with E-state index in [-0.39, 0.29) is 5.41 Å². The highest BCUT2D eigenvalue weighted by atomic mass is 15.2. The summed E-state index contributed by atoms with van der Waals surface area (Å²) < 4.78 is 0. The number of rotatable bonds is 5. The summed E-state index contributed by atoms with van der Waals surface area (Å²) in [7, 11) is 0. The highest BCUT2D eigenvalue weighted by molar-refractivity contribution is 6.02. The standard InChI is InChI=1S/C58H41N/c1-57(2)48-28-13-12-26-46(48)55-52(57)32-18-33-53(55)59(40-35-36-41(38-19-5-3-6-20-38)47(37-40)39-21-7-4-8-22-39)54-34-17-27-45-44-25-11-16-31-51(44)58(56(45)54)49-29-14-9-23-42(49)43-24-10-15-30-50(43)58/h3-37H,1-2H3. The smallest absolute Gasteiger partial charge is 0.0746 e. The van der Waals surface area contributed by atoms with Crippen molar-refractivity contribution in [3.63, 3.8) is 0 Å². The van der Waals surface area contributed by atoms with Gasteiger partial charge >= 0.3 is 0 Å². The highest BCUT2D eigenvalue weighted by Gasteiger charge is 2.53. The van der Waals surface area contributed by atoms with Gasteiger partial charge in [0, 0.05) is 22.2 Å². The zero-order valence-corrected chi connectivity index (χ0v) is 33.2. The van der Waals surface area contributed by atoms with Gasteiger partial charge in [-0.1, -0.05) is 202 Å². The van der Waals surface area contributed by atoms with E-state index in [1.54, 1.807) is 0 Å². The SMILES string of the molecule is CC1(C)c2ccccc2-c2c(N(c3ccc(-c4ccccc4)c(-c4ccccc4)c3)c3cccc4c3C3(c5ccccc5-c5ccccc53)c3ccccc3-4)cccc21. The maximum atomic E-state index is 2.61. The first-order valence-corrected chi connectivity index (χ1v) is 20.8. The minimum Gasteiger partial charge on any atom is -0.309 e. The summed E-state index contributed by atoms with van der Waals surface area (Å²) in [4.78, 5) is 2.61. The quantitative estimate of drug-likeness (QED) is 0.169. The Bertz CT molecular complexity index is 3070. The maximum Gasteiger partial charge on any atom is 0.0746 e. The van der Waals surface area contributed by atoms with Crippen molar-refractivity contribution in [3.8, 4) is 55.6 Å². The van der Waals surface area contributed by atoms with Crippen molar-refractivity contribution < 1.29 is 0 Å². The zero-order valence-electron chi connectivity index (χ0n) is 33.2. The average molecular weight is 752 g/mol. The van der Waals surface area contributed by atoms with Crippen molar-refractivity contribution in [3.05, 3.63) is 246 Å². The van der Waals surface area contributed by atoms with E-state index in [9.17, 15) is 0 Å². The van der Waals surface area contributed by atoms with E-state index in [2.05, 4.69) is 231 Å². The summed E-state index contributed by atoms with van der Waals surface area (Å²) >= 11 is 0. The molecule has 0 radical (unpaired) electrons. The van der Waals surface area contributed by atoms with Crippen LogP contribution >= 0.6 is 0 Å². The molecule has 1 spiro atoms. The number of benzene rings is 9. The molecule has 0 fully saturated rings. The Morgan fingerprint density at radius 1 is 0.322 bits per heavy atom. The average Bonchev–Trinajstić information content (AvgIpc) is 3.86. The van der Waals surface area contributed by atoms with Crippen LogP contribution in [0.15, 0.2) is 212 Å². The lowest BCUT2D eigenvalue weighted by atomic mass is 9.70. The fourth-order valence-electron chi connectivity index (χ4n) is 11.0. The third-order valence-electron chi connectivity index (χ3n) is 13.5. The molecule has 0 saturated heterocycles. The van der Waals surface area contributed by atoms with Crippen LogP contribution in [-0.4, -0.2) is 0 Å². The van der Waals surface area contributed by atoms with Crippen molar-refractivity contribution in [1.82, 2.24) is 0 Å². The number of hydrogen-bond donors (Lipinski definition) is 0. The lowest BCUT2D eigenvalue weighted by molar-refractivity contribution is 0.660. The molecule has 0 heterocycles. The molecule has 59 heavy (non-hydrogen) atoms. The van der Waals surface area contributed by atoms with E-state index in [1.807, 2.05) is 0 Å². The van der Waals surface area contributed by atoms with Gasteiger partial charge in [-0.2, -0.15) is 0 Å². The van der Waals surface area contributed by atoms with Crippen LogP contribution in [0.4, 0.5) is 17.1 Å². The molecular weight excluding hydrogens is 711 g/mol. The summed E-state index contributed by atoms with van der Waals surface area (Å²) in [5.41, 5.74) is 23.5. The van der Waals surface area contributed by atoms with Gasteiger partial charge in [0.2, 0.25) is 0 Å². The van der Waals surface area contributed by atoms with Crippen molar-refractivity contribution >= 4 is 17.1 Å². The number of hydrogen-bond acceptors (Lipinski definition) is 1. The predicted octanol–water partition coefficient (Wildman–Crippen LogP) is 15.1. The molecule has 1 heteroatoms. The number of nitrogens with zero attached hydrogens (tertiary/aromatic N) is 1. The van der Waals surface area contributed by atoms with E-state index >= 15 is 0 Å². The molecule has 0 atom stereocenters. The first-order chi connectivity index (χ1) is 29.1. The second-order valence-corrected chi connectivity index (χ2v) is 16.8. The topological polar surface area (TPSA) is 3.24 Å². The van der Waals surface area contributed by atoms with Crippen LogP contribution in [0.3, 0.4) is 0 Å². The molecule has 9 aromatic carbocycles. The lowest BCUT2D eigenvalue weighted by Crippen LogP contribution is -2.28. The Balaban J connectivity index is 1.22. The summed E-state index contributed by atoms with van der Waals surface area (Å²) in [6, 6.07) is 79.3. The molecule has 0 aliphatic heterocycles. The molecule has 9 aromatic rings. The summed E-state index contributed by atoms with van der Waals surface area (Å²) in [6.07, 6.45) is 0. The van der Waals surface area contributed by atoms with Crippen LogP contribution in [0.25, 0.3) is 55.6 Å². The fraction of sp³-hybridized carbons (Fsp3) is 0.0690. The van der Waals surface area contributed by atoms with E-state index in [1.165, 1.54) is 100 Å². The van der Waals surface area contributed by atoms with Crippen LogP contribution in [0.2, 0.25) is 0 Å². The van der Waals surface area contributed by atoms with Crippen LogP contribution in [0, 0.1) is 0 Å². The van der Waals surface area contributed by atoms with Crippen molar-refractivity contribution in [2.75, 3.05) is 4.90 Å². The second kappa shape index (κ2) is 12.6. The van der Waals surface area contributed by atoms with Crippen LogP contribution < -0.4 is 4.90 Å². The van der Waals surface area contributed by atoms with Crippen LogP contribution in [0.1, 0.15) is 47.2 Å². The van der Waals surface area contributed by atoms with E-state index in [0.29, 0.717) is 0 Å². The van der Waals surface area contributed by atoms with Crippen molar-refractivity contribution in [1.29, 1.82) is 0 Å². The van der Waals surface area contributed by atoms with E-state index < -0.39 is 5.41 Å². The Hall–Kier alpha value is -7.22. The maximum absolute atomic E-state index is 2.61. The zero-order chi connectivity index (χ0) is 39.3. The molecular formula is C58H41N. The van der Waals surface area contributed by atoms with Gasteiger partial charge in [0.25, 0.3) is 0 Å². The number of anilines is 3. The summed E-state index contributed by atoms with van der Waals surface area (Å²) in [6.45, 7) is 4.76. The molecule has 3 aliphatic rings. The Kier molecular flexibility index (Phi) is 7.26. The van der Waals surface area contributed by atoms with Gasteiger partial charge in [0.05, 0.1) is 16.8 Å². The highest BCUT2D eigenvalue weighted by Crippen LogP contribution is 2.66. The third-order valence-corrected chi connectivity index (χ3v) is 13.5. The molecule has 1 nitrogen and oxygen atoms in total. The van der Waals surface area contributed by atoms with Gasteiger partial charge in [-0.25, -0.2) is 0 Å². The van der Waals surface area contributed by atoms with E-state index in [0.717, 1.165) is 5.69 Å². The van der Waals surface area contributed by atoms with Gasteiger partial charge in [-0.3, -0.25) is 0 Å². The Labute approximate surface area is 346 Å². The van der Waals surface area contributed by atoms with Crippen molar-refractivity contribution in [2.24, 2.45) is 0 Å². The third kappa shape index (κ3) is 4.62. The molecule has 278 valence electrons. The second-order valence-electron chi connectivity index (χ2n) is 16.8. The van der Waals surface area contributed by atoms with Gasteiger partial charge in [0.1, 0.15) is 0 Å². The van der Waals surface area contributed by atoms with Crippen molar-refractivity contribution in [2.45, 2.75) is 24.7 Å². The molecule has 12 rings (SSSR count). The first-order valence-electron chi connectivity index (χ1n) is 20.8. The molecule has 0 unspecified atom stereocenters. The largest absolute Gasteiger partial charge is 0.309 e. The minimum absolute atomic E-state index is 0.153. The van der Waals surface area contributed by atoms with Gasteiger partial charge in [-0.15, -0.1) is 0 Å². The molecule has 0 amide bonds. The predicted molar refractivity (Wildman–Crippen MR) is 246 cm³/mol. The molecule has 0 N–H and O–H groups in total. The molecule has 3 aliphatic carbocycles. The van der Waals surface area contributed by atoms with Crippen LogP contribution in [0.5, 0.6) is 0 Å². The lowest BCUT2D eigenvalue weighted by Gasteiger charge is -2.36. The summed E-state index contributed by atoms with van der Waals surface area (Å²) in [5, 5.41) is 0. The monoisotopic (exact) mass is 751 g/mol. The minimum atomic E-state index is -0.519. The number of fused-ring (bicyclic) bond motifs is 13. The Morgan fingerprint density at radius 3 is 1.41 bits per heavy atom. The van der Waals surface area contributed by atoms with E-state index in [4.69, 9.17) is 0 Å². The fourth-order valence-corrected chi connectivity index (χ4v) is 11.0. The normalized spacial score (nSPS) is 14.2. The Morgan fingerprint density at radius 2 is 0.780 bits per heavy atom. The molecule has 0 bridgehead atoms. The van der Waals surface area contributed by atoms with Gasteiger partial charge in [0.15, 0.2) is 0 Å². The molecule has 0 aromatic heterocycles. The summed E-state index contributed by atoms with van der Waals surface area (Å²) in [5.74, 6) is 0. The van der Waals surface area contributed by atoms with Gasteiger partial charge < -0.3 is 4.90 Å². The molecule has 0 saturated carbocycles. The van der Waals surface area contributed by atoms with Gasteiger partial charge in [-0.05, 0) is 102 Å². The van der Waals surface area contributed by atoms with Crippen LogP contribution in [-0.2, 0) is 10.8 Å². The first kappa shape index (κ1) is 33.9.